The molecule has 0 aromatic heterocycles. The summed E-state index contributed by atoms with van der Waals surface area (Å²) in [7, 11) is 0. The standard InChI is InChI=1S/C29H31N3O5/c1-4-35-25-10-6-9-23-24-18-29(3,37-26(23)25)32(28(34)31-24)21-8-5-7-20(17-21)27(33)30-15-16-36-22-13-11-19(2)12-14-22/h5-14,17,24H,4,15-16,18H2,1-3H3,(H,30,33)(H,31,34)/t24?,29-/m1/s1. The van der Waals surface area contributed by atoms with E-state index in [0.29, 0.717) is 48.9 Å². The number of fused-ring (bicyclic) bond motifs is 4. The predicted molar refractivity (Wildman–Crippen MR) is 140 cm³/mol. The molecule has 1 unspecified atom stereocenters. The SMILES string of the molecule is CCOc1cccc2c1O[C@]1(C)CC2NC(=O)N1c1cccc(C(=O)NCCOc2ccc(C)cc2)c1. The highest BCUT2D eigenvalue weighted by Gasteiger charge is 2.50. The quantitative estimate of drug-likeness (QED) is 0.426. The molecule has 5 rings (SSSR count). The molecule has 2 aliphatic rings. The Labute approximate surface area is 216 Å². The molecule has 3 aromatic carbocycles. The summed E-state index contributed by atoms with van der Waals surface area (Å²) >= 11 is 0. The van der Waals surface area contributed by atoms with Gasteiger partial charge in [-0.05, 0) is 57.2 Å². The van der Waals surface area contributed by atoms with E-state index in [1.807, 2.05) is 63.2 Å². The van der Waals surface area contributed by atoms with Crippen molar-refractivity contribution in [1.29, 1.82) is 0 Å². The second-order valence-electron chi connectivity index (χ2n) is 9.39. The van der Waals surface area contributed by atoms with Crippen LogP contribution in [0, 0.1) is 6.92 Å². The second-order valence-corrected chi connectivity index (χ2v) is 9.39. The summed E-state index contributed by atoms with van der Waals surface area (Å²) in [6.07, 6.45) is 0.550. The number of hydrogen-bond acceptors (Lipinski definition) is 5. The minimum atomic E-state index is -0.954. The molecule has 1 saturated heterocycles. The van der Waals surface area contributed by atoms with Crippen molar-refractivity contribution in [2.45, 2.75) is 39.0 Å². The van der Waals surface area contributed by atoms with Crippen LogP contribution >= 0.6 is 0 Å². The number of urea groups is 1. The molecule has 8 heteroatoms. The molecule has 2 bridgehead atoms. The molecule has 3 amide bonds. The molecule has 0 spiro atoms. The van der Waals surface area contributed by atoms with Gasteiger partial charge < -0.3 is 24.8 Å². The van der Waals surface area contributed by atoms with Gasteiger partial charge in [0.15, 0.2) is 17.2 Å². The van der Waals surface area contributed by atoms with Crippen molar-refractivity contribution in [3.05, 3.63) is 83.4 Å². The largest absolute Gasteiger partial charge is 0.492 e. The fourth-order valence-corrected chi connectivity index (χ4v) is 4.88. The lowest BCUT2D eigenvalue weighted by Gasteiger charge is -2.50. The van der Waals surface area contributed by atoms with Gasteiger partial charge in [0.1, 0.15) is 12.4 Å². The number of benzene rings is 3. The molecular weight excluding hydrogens is 470 g/mol. The van der Waals surface area contributed by atoms with Crippen LogP contribution in [0.4, 0.5) is 10.5 Å². The molecule has 0 saturated carbocycles. The summed E-state index contributed by atoms with van der Waals surface area (Å²) in [6.45, 7) is 7.02. The van der Waals surface area contributed by atoms with Gasteiger partial charge >= 0.3 is 6.03 Å². The van der Waals surface area contributed by atoms with Crippen molar-refractivity contribution in [3.63, 3.8) is 0 Å². The lowest BCUT2D eigenvalue weighted by Crippen LogP contribution is -2.65. The zero-order chi connectivity index (χ0) is 26.0. The summed E-state index contributed by atoms with van der Waals surface area (Å²) in [5.74, 6) is 1.79. The maximum absolute atomic E-state index is 13.3. The number of carbonyl (C=O) groups excluding carboxylic acids is 2. The van der Waals surface area contributed by atoms with Crippen molar-refractivity contribution >= 4 is 17.6 Å². The number of para-hydroxylation sites is 1. The van der Waals surface area contributed by atoms with E-state index in [-0.39, 0.29) is 18.0 Å². The summed E-state index contributed by atoms with van der Waals surface area (Å²) in [5.41, 5.74) is 2.11. The van der Waals surface area contributed by atoms with Crippen molar-refractivity contribution in [2.75, 3.05) is 24.7 Å². The molecule has 2 N–H and O–H groups in total. The third kappa shape index (κ3) is 4.91. The highest BCUT2D eigenvalue weighted by atomic mass is 16.5. The smallest absolute Gasteiger partial charge is 0.325 e. The average Bonchev–Trinajstić information content (AvgIpc) is 2.88. The first-order valence-electron chi connectivity index (χ1n) is 12.5. The van der Waals surface area contributed by atoms with E-state index in [2.05, 4.69) is 10.6 Å². The maximum atomic E-state index is 13.3. The summed E-state index contributed by atoms with van der Waals surface area (Å²) < 4.78 is 17.9. The van der Waals surface area contributed by atoms with Gasteiger partial charge in [-0.2, -0.15) is 0 Å². The molecule has 8 nitrogen and oxygen atoms in total. The van der Waals surface area contributed by atoms with Crippen LogP contribution in [-0.2, 0) is 0 Å². The van der Waals surface area contributed by atoms with Crippen molar-refractivity contribution in [2.24, 2.45) is 0 Å². The van der Waals surface area contributed by atoms with Crippen LogP contribution in [0.5, 0.6) is 17.2 Å². The Morgan fingerprint density at radius 3 is 2.70 bits per heavy atom. The normalized spacial score (nSPS) is 19.8. The Hall–Kier alpha value is -4.20. The number of amides is 3. The van der Waals surface area contributed by atoms with Gasteiger partial charge in [-0.3, -0.25) is 9.69 Å². The van der Waals surface area contributed by atoms with Crippen LogP contribution in [-0.4, -0.2) is 37.4 Å². The van der Waals surface area contributed by atoms with Crippen LogP contribution in [0.3, 0.4) is 0 Å². The van der Waals surface area contributed by atoms with E-state index >= 15 is 0 Å². The zero-order valence-corrected chi connectivity index (χ0v) is 21.2. The monoisotopic (exact) mass is 501 g/mol. The molecule has 1 fully saturated rings. The van der Waals surface area contributed by atoms with Gasteiger partial charge in [0.2, 0.25) is 0 Å². The Balaban J connectivity index is 1.30. The van der Waals surface area contributed by atoms with E-state index in [0.717, 1.165) is 16.9 Å². The predicted octanol–water partition coefficient (Wildman–Crippen LogP) is 4.97. The van der Waals surface area contributed by atoms with E-state index < -0.39 is 5.72 Å². The van der Waals surface area contributed by atoms with E-state index in [1.54, 1.807) is 29.2 Å². The van der Waals surface area contributed by atoms with Gasteiger partial charge in [0.25, 0.3) is 5.91 Å². The van der Waals surface area contributed by atoms with Gasteiger partial charge in [-0.15, -0.1) is 0 Å². The zero-order valence-electron chi connectivity index (χ0n) is 21.2. The van der Waals surface area contributed by atoms with Crippen LogP contribution in [0.25, 0.3) is 0 Å². The molecule has 3 aromatic rings. The molecule has 2 atom stereocenters. The molecular formula is C29H31N3O5. The molecule has 192 valence electrons. The molecule has 0 radical (unpaired) electrons. The Morgan fingerprint density at radius 1 is 1.14 bits per heavy atom. The number of hydrogen-bond donors (Lipinski definition) is 2. The molecule has 0 aliphatic carbocycles. The topological polar surface area (TPSA) is 89.1 Å². The molecule has 2 aliphatic heterocycles. The summed E-state index contributed by atoms with van der Waals surface area (Å²) in [5, 5.41) is 5.97. The Bertz CT molecular complexity index is 1310. The van der Waals surface area contributed by atoms with Crippen LogP contribution in [0.15, 0.2) is 66.7 Å². The summed E-state index contributed by atoms with van der Waals surface area (Å²) in [4.78, 5) is 27.7. The molecule has 37 heavy (non-hydrogen) atoms. The highest BCUT2D eigenvalue weighted by Crippen LogP contribution is 2.49. The minimum Gasteiger partial charge on any atom is -0.492 e. The van der Waals surface area contributed by atoms with Gasteiger partial charge in [0.05, 0.1) is 24.9 Å². The lowest BCUT2D eigenvalue weighted by atomic mass is 9.89. The van der Waals surface area contributed by atoms with Crippen LogP contribution in [0.2, 0.25) is 0 Å². The van der Waals surface area contributed by atoms with Crippen LogP contribution < -0.4 is 29.7 Å². The lowest BCUT2D eigenvalue weighted by molar-refractivity contribution is 0.0343. The van der Waals surface area contributed by atoms with Gasteiger partial charge in [-0.25, -0.2) is 4.79 Å². The fraction of sp³-hybridized carbons (Fsp3) is 0.310. The van der Waals surface area contributed by atoms with E-state index in [1.165, 1.54) is 0 Å². The third-order valence-electron chi connectivity index (χ3n) is 6.61. The van der Waals surface area contributed by atoms with Gasteiger partial charge in [-0.1, -0.05) is 35.9 Å². The first-order valence-corrected chi connectivity index (χ1v) is 12.5. The minimum absolute atomic E-state index is 0.196. The number of ether oxygens (including phenoxy) is 3. The van der Waals surface area contributed by atoms with Crippen molar-refractivity contribution in [3.8, 4) is 17.2 Å². The number of nitrogens with one attached hydrogen (secondary N) is 2. The number of aryl methyl sites for hydroxylation is 1. The van der Waals surface area contributed by atoms with Crippen molar-refractivity contribution in [1.82, 2.24) is 10.6 Å². The summed E-state index contributed by atoms with van der Waals surface area (Å²) in [6, 6.07) is 20.0. The van der Waals surface area contributed by atoms with Gasteiger partial charge in [0, 0.05) is 17.5 Å². The van der Waals surface area contributed by atoms with Crippen LogP contribution in [0.1, 0.15) is 47.8 Å². The fourth-order valence-electron chi connectivity index (χ4n) is 4.88. The number of rotatable bonds is 8. The first kappa shape index (κ1) is 24.5. The van der Waals surface area contributed by atoms with E-state index in [4.69, 9.17) is 14.2 Å². The average molecular weight is 502 g/mol. The third-order valence-corrected chi connectivity index (χ3v) is 6.61. The second kappa shape index (κ2) is 10.0. The number of nitrogens with zero attached hydrogens (tertiary/aromatic N) is 1. The Morgan fingerprint density at radius 2 is 1.92 bits per heavy atom. The molecule has 2 heterocycles. The Kier molecular flexibility index (Phi) is 6.65. The van der Waals surface area contributed by atoms with E-state index in [9.17, 15) is 9.59 Å². The highest BCUT2D eigenvalue weighted by molar-refractivity contribution is 5.99. The number of anilines is 1. The maximum Gasteiger partial charge on any atom is 0.325 e. The first-order chi connectivity index (χ1) is 17.9. The van der Waals surface area contributed by atoms with Crippen molar-refractivity contribution < 1.29 is 23.8 Å². The number of carbonyl (C=O) groups is 2.